The van der Waals surface area contributed by atoms with E-state index in [1.54, 1.807) is 6.08 Å². The van der Waals surface area contributed by atoms with E-state index in [0.717, 1.165) is 5.57 Å². The Morgan fingerprint density at radius 3 is 2.27 bits per heavy atom. The third-order valence-corrected chi connectivity index (χ3v) is 1.25. The summed E-state index contributed by atoms with van der Waals surface area (Å²) >= 11 is 0. The largest absolute Gasteiger partial charge is 0.247 e. The number of allylic oxidation sites excluding steroid dienone is 4. The van der Waals surface area contributed by atoms with Gasteiger partial charge in [-0.05, 0) is 12.3 Å². The molecule has 1 heteroatoms. The quantitative estimate of drug-likeness (QED) is 0.537. The Morgan fingerprint density at radius 2 is 1.91 bits per heavy atom. The van der Waals surface area contributed by atoms with Crippen LogP contribution < -0.4 is 0 Å². The van der Waals surface area contributed by atoms with Crippen LogP contribution in [0.15, 0.2) is 23.8 Å². The maximum absolute atomic E-state index is 11.8. The fourth-order valence-electron chi connectivity index (χ4n) is 0.571. The van der Waals surface area contributed by atoms with Gasteiger partial charge in [0.15, 0.2) is 0 Å². The second-order valence-electron chi connectivity index (χ2n) is 3.80. The van der Waals surface area contributed by atoms with Crippen molar-refractivity contribution in [3.8, 4) is 0 Å². The molecule has 0 aliphatic rings. The highest BCUT2D eigenvalue weighted by Gasteiger charge is 2.02. The lowest BCUT2D eigenvalue weighted by Gasteiger charge is -2.10. The molecule has 0 aliphatic carbocycles. The molecule has 0 nitrogen and oxygen atoms in total. The maximum atomic E-state index is 11.8. The van der Waals surface area contributed by atoms with Gasteiger partial charge in [0.2, 0.25) is 0 Å². The summed E-state index contributed by atoms with van der Waals surface area (Å²) in [5.41, 5.74) is 1.17. The van der Waals surface area contributed by atoms with Gasteiger partial charge in [0.25, 0.3) is 0 Å². The Balaban J connectivity index is 4.03. The molecule has 0 N–H and O–H groups in total. The molecule has 0 atom stereocenters. The Bertz CT molecular complexity index is 158. The van der Waals surface area contributed by atoms with Crippen molar-refractivity contribution in [2.45, 2.75) is 27.7 Å². The van der Waals surface area contributed by atoms with Crippen molar-refractivity contribution >= 4 is 0 Å². The first-order valence-corrected chi connectivity index (χ1v) is 3.87. The van der Waals surface area contributed by atoms with Crippen LogP contribution >= 0.6 is 0 Å². The number of hydrogen-bond acceptors (Lipinski definition) is 0. The maximum Gasteiger partial charge on any atom is 0.108 e. The van der Waals surface area contributed by atoms with Crippen molar-refractivity contribution < 1.29 is 4.39 Å². The van der Waals surface area contributed by atoms with Crippen molar-refractivity contribution in [2.24, 2.45) is 5.41 Å². The molecule has 0 aliphatic heterocycles. The third-order valence-electron chi connectivity index (χ3n) is 1.25. The van der Waals surface area contributed by atoms with Crippen molar-refractivity contribution in [3.05, 3.63) is 23.8 Å². The number of rotatable bonds is 2. The Kier molecular flexibility index (Phi) is 4.09. The second kappa shape index (κ2) is 4.32. The van der Waals surface area contributed by atoms with Crippen molar-refractivity contribution in [1.29, 1.82) is 0 Å². The molecule has 0 fully saturated rings. The van der Waals surface area contributed by atoms with E-state index in [-0.39, 0.29) is 12.1 Å². The van der Waals surface area contributed by atoms with Crippen LogP contribution in [0, 0.1) is 5.41 Å². The molecule has 0 radical (unpaired) electrons. The molecule has 0 saturated carbocycles. The topological polar surface area (TPSA) is 0 Å². The monoisotopic (exact) mass is 156 g/mol. The predicted octanol–water partition coefficient (Wildman–Crippen LogP) is 3.50. The average molecular weight is 156 g/mol. The number of alkyl halides is 1. The Labute approximate surface area is 68.8 Å². The lowest BCUT2D eigenvalue weighted by molar-refractivity contribution is 0.543. The molecule has 0 amide bonds. The molecule has 64 valence electrons. The van der Waals surface area contributed by atoms with E-state index in [1.165, 1.54) is 0 Å². The minimum absolute atomic E-state index is 0.186. The highest BCUT2D eigenvalue weighted by Crippen LogP contribution is 2.15. The Morgan fingerprint density at radius 1 is 1.36 bits per heavy atom. The molecular formula is C10H17F. The van der Waals surface area contributed by atoms with Crippen LogP contribution in [-0.4, -0.2) is 6.67 Å². The van der Waals surface area contributed by atoms with E-state index in [0.29, 0.717) is 0 Å². The highest BCUT2D eigenvalue weighted by atomic mass is 19.1. The molecule has 0 aromatic heterocycles. The summed E-state index contributed by atoms with van der Waals surface area (Å²) in [6.45, 7) is 7.88. The zero-order valence-electron chi connectivity index (χ0n) is 7.82. The zero-order chi connectivity index (χ0) is 8.91. The molecule has 0 spiro atoms. The minimum atomic E-state index is -0.375. The van der Waals surface area contributed by atoms with Crippen molar-refractivity contribution in [1.82, 2.24) is 0 Å². The summed E-state index contributed by atoms with van der Waals surface area (Å²) in [5, 5.41) is 0. The predicted molar refractivity (Wildman–Crippen MR) is 48.3 cm³/mol. The molecule has 11 heavy (non-hydrogen) atoms. The van der Waals surface area contributed by atoms with Gasteiger partial charge in [0.05, 0.1) is 0 Å². The van der Waals surface area contributed by atoms with Crippen LogP contribution in [-0.2, 0) is 0 Å². The van der Waals surface area contributed by atoms with Crippen LogP contribution in [0.4, 0.5) is 4.39 Å². The van der Waals surface area contributed by atoms with Gasteiger partial charge in [-0.1, -0.05) is 44.6 Å². The summed E-state index contributed by atoms with van der Waals surface area (Å²) in [6.07, 6.45) is 5.61. The van der Waals surface area contributed by atoms with Crippen LogP contribution in [0.2, 0.25) is 0 Å². The van der Waals surface area contributed by atoms with E-state index < -0.39 is 0 Å². The van der Waals surface area contributed by atoms with E-state index in [1.807, 2.05) is 13.0 Å². The first-order chi connectivity index (χ1) is 4.95. The Hall–Kier alpha value is -0.590. The normalized spacial score (nSPS) is 14.5. The molecule has 0 aromatic carbocycles. The van der Waals surface area contributed by atoms with Gasteiger partial charge >= 0.3 is 0 Å². The minimum Gasteiger partial charge on any atom is -0.247 e. The first-order valence-electron chi connectivity index (χ1n) is 3.87. The molecule has 0 heterocycles. The molecule has 0 aromatic rings. The standard InChI is InChI=1S/C10H17F/c1-9(6-8-11)5-7-10(2,3)4/h5-7H,8H2,1-4H3/b7-5-,9-6-. The van der Waals surface area contributed by atoms with Crippen LogP contribution in [0.25, 0.3) is 0 Å². The lowest BCUT2D eigenvalue weighted by atomic mass is 9.95. The fourth-order valence-corrected chi connectivity index (χ4v) is 0.571. The summed E-state index contributed by atoms with van der Waals surface area (Å²) < 4.78 is 11.8. The van der Waals surface area contributed by atoms with Crippen molar-refractivity contribution in [2.75, 3.05) is 6.67 Å². The van der Waals surface area contributed by atoms with Crippen LogP contribution in [0.5, 0.6) is 0 Å². The van der Waals surface area contributed by atoms with E-state index in [2.05, 4.69) is 26.8 Å². The number of hydrogen-bond donors (Lipinski definition) is 0. The summed E-state index contributed by atoms with van der Waals surface area (Å²) in [6, 6.07) is 0. The van der Waals surface area contributed by atoms with Gasteiger partial charge in [-0.15, -0.1) is 0 Å². The third kappa shape index (κ3) is 7.31. The first kappa shape index (κ1) is 10.4. The molecule has 0 rings (SSSR count). The SMILES string of the molecule is CC(/C=C\C(C)(C)C)=C/CF. The van der Waals surface area contributed by atoms with Gasteiger partial charge in [0.1, 0.15) is 6.67 Å². The van der Waals surface area contributed by atoms with Crippen LogP contribution in [0.1, 0.15) is 27.7 Å². The summed E-state index contributed by atoms with van der Waals surface area (Å²) in [4.78, 5) is 0. The van der Waals surface area contributed by atoms with E-state index in [9.17, 15) is 4.39 Å². The second-order valence-corrected chi connectivity index (χ2v) is 3.80. The van der Waals surface area contributed by atoms with Gasteiger partial charge in [0, 0.05) is 0 Å². The molecular weight excluding hydrogens is 139 g/mol. The van der Waals surface area contributed by atoms with Gasteiger partial charge < -0.3 is 0 Å². The van der Waals surface area contributed by atoms with Crippen molar-refractivity contribution in [3.63, 3.8) is 0 Å². The zero-order valence-corrected chi connectivity index (χ0v) is 7.82. The smallest absolute Gasteiger partial charge is 0.108 e. The van der Waals surface area contributed by atoms with Gasteiger partial charge in [-0.2, -0.15) is 0 Å². The lowest BCUT2D eigenvalue weighted by Crippen LogP contribution is -1.98. The fraction of sp³-hybridized carbons (Fsp3) is 0.600. The number of halogens is 1. The summed E-state index contributed by atoms with van der Waals surface area (Å²) in [7, 11) is 0. The van der Waals surface area contributed by atoms with Crippen LogP contribution in [0.3, 0.4) is 0 Å². The van der Waals surface area contributed by atoms with Gasteiger partial charge in [-0.25, -0.2) is 4.39 Å². The molecule has 0 unspecified atom stereocenters. The summed E-state index contributed by atoms with van der Waals surface area (Å²) in [5.74, 6) is 0. The highest BCUT2D eigenvalue weighted by molar-refractivity contribution is 5.17. The average Bonchev–Trinajstić information content (AvgIpc) is 1.83. The van der Waals surface area contributed by atoms with Gasteiger partial charge in [-0.3, -0.25) is 0 Å². The van der Waals surface area contributed by atoms with E-state index >= 15 is 0 Å². The molecule has 0 saturated heterocycles. The van der Waals surface area contributed by atoms with E-state index in [4.69, 9.17) is 0 Å². The molecule has 0 bridgehead atoms.